The van der Waals surface area contributed by atoms with Crippen molar-refractivity contribution in [3.8, 4) is 11.5 Å². The fourth-order valence-electron chi connectivity index (χ4n) is 1.49. The van der Waals surface area contributed by atoms with Crippen LogP contribution < -0.4 is 5.56 Å². The van der Waals surface area contributed by atoms with Crippen molar-refractivity contribution >= 4 is 12.2 Å². The summed E-state index contributed by atoms with van der Waals surface area (Å²) in [5, 5.41) is 6.80. The number of aromatic nitrogens is 4. The third-order valence-corrected chi connectivity index (χ3v) is 2.60. The van der Waals surface area contributed by atoms with Crippen LogP contribution in [0.4, 0.5) is 0 Å². The molecule has 0 saturated heterocycles. The predicted molar refractivity (Wildman–Crippen MR) is 65.3 cm³/mol. The molecule has 0 aliphatic carbocycles. The third-order valence-electron chi connectivity index (χ3n) is 2.29. The SMILES string of the molecule is COCCn1c(-c2cccc(=O)[nH]2)n[nH]c1=S. The Morgan fingerprint density at radius 2 is 2.35 bits per heavy atom. The zero-order chi connectivity index (χ0) is 12.3. The third kappa shape index (κ3) is 2.51. The molecule has 0 aliphatic heterocycles. The fourth-order valence-corrected chi connectivity index (χ4v) is 1.71. The maximum atomic E-state index is 11.2. The maximum absolute atomic E-state index is 11.2. The molecule has 0 atom stereocenters. The summed E-state index contributed by atoms with van der Waals surface area (Å²) in [6.07, 6.45) is 0. The lowest BCUT2D eigenvalue weighted by atomic mass is 10.3. The number of hydrogen-bond acceptors (Lipinski definition) is 4. The zero-order valence-electron chi connectivity index (χ0n) is 9.27. The largest absolute Gasteiger partial charge is 0.383 e. The van der Waals surface area contributed by atoms with Crippen molar-refractivity contribution in [3.05, 3.63) is 33.3 Å². The maximum Gasteiger partial charge on any atom is 0.248 e. The molecule has 0 fully saturated rings. The van der Waals surface area contributed by atoms with Crippen molar-refractivity contribution in [2.45, 2.75) is 6.54 Å². The summed E-state index contributed by atoms with van der Waals surface area (Å²) in [5.41, 5.74) is 0.454. The highest BCUT2D eigenvalue weighted by molar-refractivity contribution is 7.71. The smallest absolute Gasteiger partial charge is 0.248 e. The molecule has 2 aromatic rings. The fraction of sp³-hybridized carbons (Fsp3) is 0.300. The second-order valence-electron chi connectivity index (χ2n) is 3.43. The van der Waals surface area contributed by atoms with Crippen LogP contribution in [0.1, 0.15) is 0 Å². The molecular formula is C10H12N4O2S. The molecule has 0 amide bonds. The molecule has 2 heterocycles. The number of methoxy groups -OCH3 is 1. The van der Waals surface area contributed by atoms with Crippen LogP contribution in [-0.4, -0.2) is 33.5 Å². The summed E-state index contributed by atoms with van der Waals surface area (Å²) in [4.78, 5) is 13.9. The van der Waals surface area contributed by atoms with Crippen molar-refractivity contribution in [2.24, 2.45) is 0 Å². The zero-order valence-corrected chi connectivity index (χ0v) is 10.1. The Balaban J connectivity index is 2.45. The molecular weight excluding hydrogens is 240 g/mol. The first-order valence-corrected chi connectivity index (χ1v) is 5.47. The van der Waals surface area contributed by atoms with Gasteiger partial charge >= 0.3 is 0 Å². The standard InChI is InChI=1S/C10H12N4O2S/c1-16-6-5-14-9(12-13-10(14)17)7-3-2-4-8(15)11-7/h2-4H,5-6H2,1H3,(H,11,15)(H,13,17). The van der Waals surface area contributed by atoms with Gasteiger partial charge in [-0.2, -0.15) is 5.10 Å². The van der Waals surface area contributed by atoms with Gasteiger partial charge in [-0.15, -0.1) is 0 Å². The molecule has 0 saturated carbocycles. The minimum absolute atomic E-state index is 0.172. The predicted octanol–water partition coefficient (Wildman–Crippen LogP) is 0.942. The van der Waals surface area contributed by atoms with Gasteiger partial charge in [0.1, 0.15) is 0 Å². The Hall–Kier alpha value is -1.73. The van der Waals surface area contributed by atoms with E-state index < -0.39 is 0 Å². The first kappa shape index (κ1) is 11.7. The number of nitrogens with zero attached hydrogens (tertiary/aromatic N) is 2. The van der Waals surface area contributed by atoms with Crippen LogP contribution in [0, 0.1) is 4.77 Å². The van der Waals surface area contributed by atoms with Crippen molar-refractivity contribution in [1.29, 1.82) is 0 Å². The molecule has 0 unspecified atom stereocenters. The topological polar surface area (TPSA) is 75.7 Å². The summed E-state index contributed by atoms with van der Waals surface area (Å²) in [7, 11) is 1.62. The van der Waals surface area contributed by atoms with Crippen LogP contribution in [0.25, 0.3) is 11.5 Å². The van der Waals surface area contributed by atoms with E-state index in [1.54, 1.807) is 23.8 Å². The summed E-state index contributed by atoms with van der Waals surface area (Å²) in [6, 6.07) is 4.90. The number of H-pyrrole nitrogens is 2. The van der Waals surface area contributed by atoms with Gasteiger partial charge in [-0.1, -0.05) is 6.07 Å². The first-order valence-electron chi connectivity index (χ1n) is 5.06. The summed E-state index contributed by atoms with van der Waals surface area (Å²) >= 11 is 5.12. The van der Waals surface area contributed by atoms with Crippen molar-refractivity contribution < 1.29 is 4.74 Å². The Kier molecular flexibility index (Phi) is 3.50. The second kappa shape index (κ2) is 5.07. The number of rotatable bonds is 4. The van der Waals surface area contributed by atoms with Gasteiger partial charge in [0, 0.05) is 13.2 Å². The van der Waals surface area contributed by atoms with E-state index in [-0.39, 0.29) is 5.56 Å². The van der Waals surface area contributed by atoms with Crippen LogP contribution in [0.15, 0.2) is 23.0 Å². The average molecular weight is 252 g/mol. The van der Waals surface area contributed by atoms with Crippen LogP contribution >= 0.6 is 12.2 Å². The van der Waals surface area contributed by atoms with Gasteiger partial charge in [-0.25, -0.2) is 0 Å². The van der Waals surface area contributed by atoms with Gasteiger partial charge in [0.15, 0.2) is 10.6 Å². The minimum atomic E-state index is -0.172. The second-order valence-corrected chi connectivity index (χ2v) is 3.81. The van der Waals surface area contributed by atoms with Gasteiger partial charge in [0.2, 0.25) is 5.56 Å². The molecule has 0 aliphatic rings. The molecule has 0 aromatic carbocycles. The molecule has 90 valence electrons. The summed E-state index contributed by atoms with van der Waals surface area (Å²) < 4.78 is 7.29. The Bertz CT molecular complexity index is 613. The van der Waals surface area contributed by atoms with Crippen molar-refractivity contribution in [3.63, 3.8) is 0 Å². The molecule has 6 nitrogen and oxygen atoms in total. The number of ether oxygens (including phenoxy) is 1. The van der Waals surface area contributed by atoms with Gasteiger partial charge < -0.3 is 9.72 Å². The summed E-state index contributed by atoms with van der Waals surface area (Å²) in [6.45, 7) is 1.11. The minimum Gasteiger partial charge on any atom is -0.383 e. The van der Waals surface area contributed by atoms with Crippen LogP contribution in [-0.2, 0) is 11.3 Å². The first-order chi connectivity index (χ1) is 8.22. The van der Waals surface area contributed by atoms with Crippen LogP contribution in [0.3, 0.4) is 0 Å². The van der Waals surface area contributed by atoms with Gasteiger partial charge in [0.25, 0.3) is 0 Å². The molecule has 0 radical (unpaired) electrons. The molecule has 0 bridgehead atoms. The quantitative estimate of drug-likeness (QED) is 0.794. The molecule has 7 heteroatoms. The van der Waals surface area contributed by atoms with E-state index >= 15 is 0 Å². The molecule has 2 N–H and O–H groups in total. The lowest BCUT2D eigenvalue weighted by Crippen LogP contribution is -2.09. The number of pyridine rings is 1. The van der Waals surface area contributed by atoms with Gasteiger partial charge in [-0.3, -0.25) is 14.5 Å². The van der Waals surface area contributed by atoms with E-state index in [1.165, 1.54) is 6.07 Å². The van der Waals surface area contributed by atoms with E-state index in [2.05, 4.69) is 15.2 Å². The van der Waals surface area contributed by atoms with Crippen LogP contribution in [0.5, 0.6) is 0 Å². The van der Waals surface area contributed by atoms with E-state index in [0.29, 0.717) is 29.4 Å². The van der Waals surface area contributed by atoms with Crippen molar-refractivity contribution in [2.75, 3.05) is 13.7 Å². The highest BCUT2D eigenvalue weighted by Gasteiger charge is 2.08. The monoisotopic (exact) mass is 252 g/mol. The van der Waals surface area contributed by atoms with E-state index in [4.69, 9.17) is 17.0 Å². The van der Waals surface area contributed by atoms with Crippen LogP contribution in [0.2, 0.25) is 0 Å². The highest BCUT2D eigenvalue weighted by atomic mass is 32.1. The average Bonchev–Trinajstić information content (AvgIpc) is 2.68. The Labute approximate surface area is 102 Å². The highest BCUT2D eigenvalue weighted by Crippen LogP contribution is 2.12. The number of aromatic amines is 2. The van der Waals surface area contributed by atoms with Gasteiger partial charge in [0.05, 0.1) is 18.8 Å². The van der Waals surface area contributed by atoms with Gasteiger partial charge in [-0.05, 0) is 18.3 Å². The Morgan fingerprint density at radius 1 is 1.53 bits per heavy atom. The number of hydrogen-bond donors (Lipinski definition) is 2. The molecule has 2 aromatic heterocycles. The molecule has 2 rings (SSSR count). The normalized spacial score (nSPS) is 10.6. The number of nitrogens with one attached hydrogen (secondary N) is 2. The van der Waals surface area contributed by atoms with E-state index in [1.807, 2.05) is 0 Å². The van der Waals surface area contributed by atoms with E-state index in [0.717, 1.165) is 0 Å². The lowest BCUT2D eigenvalue weighted by Gasteiger charge is -2.05. The summed E-state index contributed by atoms with van der Waals surface area (Å²) in [5.74, 6) is 0.602. The molecule has 0 spiro atoms. The Morgan fingerprint density at radius 3 is 3.06 bits per heavy atom. The molecule has 17 heavy (non-hydrogen) atoms. The lowest BCUT2D eigenvalue weighted by molar-refractivity contribution is 0.187. The van der Waals surface area contributed by atoms with Crippen molar-refractivity contribution in [1.82, 2.24) is 19.7 Å². The van der Waals surface area contributed by atoms with E-state index in [9.17, 15) is 4.79 Å².